The zero-order valence-electron chi connectivity index (χ0n) is 14.8. The molecule has 2 nitrogen and oxygen atoms in total. The van der Waals surface area contributed by atoms with Crippen molar-refractivity contribution in [3.63, 3.8) is 0 Å². The molecule has 0 unspecified atom stereocenters. The van der Waals surface area contributed by atoms with E-state index >= 15 is 0 Å². The SMILES string of the molecule is CCc1ccc2cnc(-c3cccc(C(C)(C)C(C)=O)c3)cc2c1. The van der Waals surface area contributed by atoms with Crippen LogP contribution >= 0.6 is 0 Å². The Labute approximate surface area is 143 Å². The summed E-state index contributed by atoms with van der Waals surface area (Å²) in [5.74, 6) is 0.165. The monoisotopic (exact) mass is 317 g/mol. The predicted molar refractivity (Wildman–Crippen MR) is 100 cm³/mol. The number of carbonyl (C=O) groups is 1. The summed E-state index contributed by atoms with van der Waals surface area (Å²) in [5.41, 5.74) is 3.85. The maximum absolute atomic E-state index is 11.9. The van der Waals surface area contributed by atoms with Crippen molar-refractivity contribution >= 4 is 16.6 Å². The van der Waals surface area contributed by atoms with E-state index in [0.29, 0.717) is 0 Å². The van der Waals surface area contributed by atoms with Gasteiger partial charge in [0.15, 0.2) is 0 Å². The molecule has 2 aromatic carbocycles. The first-order chi connectivity index (χ1) is 11.4. The van der Waals surface area contributed by atoms with Gasteiger partial charge in [-0.05, 0) is 55.8 Å². The molecule has 1 aromatic heterocycles. The van der Waals surface area contributed by atoms with Gasteiger partial charge in [-0.25, -0.2) is 0 Å². The van der Waals surface area contributed by atoms with E-state index < -0.39 is 5.41 Å². The average Bonchev–Trinajstić information content (AvgIpc) is 2.60. The number of aryl methyl sites for hydroxylation is 1. The first kappa shape index (κ1) is 16.4. The van der Waals surface area contributed by atoms with Crippen LogP contribution in [0, 0.1) is 0 Å². The molecule has 2 heteroatoms. The molecule has 0 saturated carbocycles. The molecule has 122 valence electrons. The Bertz CT molecular complexity index is 909. The minimum absolute atomic E-state index is 0.165. The number of carbonyl (C=O) groups excluding carboxylic acids is 1. The van der Waals surface area contributed by atoms with Crippen molar-refractivity contribution in [1.29, 1.82) is 0 Å². The summed E-state index contributed by atoms with van der Waals surface area (Å²) >= 11 is 0. The summed E-state index contributed by atoms with van der Waals surface area (Å²) in [6.07, 6.45) is 2.95. The van der Waals surface area contributed by atoms with Gasteiger partial charge in [0.2, 0.25) is 0 Å². The zero-order valence-corrected chi connectivity index (χ0v) is 14.8. The maximum atomic E-state index is 11.9. The normalized spacial score (nSPS) is 11.7. The van der Waals surface area contributed by atoms with Crippen LogP contribution in [0.4, 0.5) is 0 Å². The molecule has 24 heavy (non-hydrogen) atoms. The lowest BCUT2D eigenvalue weighted by molar-refractivity contribution is -0.121. The minimum Gasteiger partial charge on any atom is -0.299 e. The van der Waals surface area contributed by atoms with E-state index in [0.717, 1.165) is 28.6 Å². The van der Waals surface area contributed by atoms with Crippen LogP contribution in [0.2, 0.25) is 0 Å². The summed E-state index contributed by atoms with van der Waals surface area (Å²) in [7, 11) is 0. The van der Waals surface area contributed by atoms with Crippen molar-refractivity contribution in [1.82, 2.24) is 4.98 Å². The Kier molecular flexibility index (Phi) is 4.23. The van der Waals surface area contributed by atoms with Crippen molar-refractivity contribution in [2.45, 2.75) is 39.5 Å². The van der Waals surface area contributed by atoms with Crippen LogP contribution in [0.15, 0.2) is 54.7 Å². The number of Topliss-reactive ketones (excluding diaryl/α,β-unsaturated/α-hetero) is 1. The van der Waals surface area contributed by atoms with Gasteiger partial charge in [0.25, 0.3) is 0 Å². The third kappa shape index (κ3) is 2.96. The largest absolute Gasteiger partial charge is 0.299 e. The summed E-state index contributed by atoms with van der Waals surface area (Å²) in [6, 6.07) is 16.8. The fourth-order valence-electron chi connectivity index (χ4n) is 2.84. The first-order valence-electron chi connectivity index (χ1n) is 8.42. The van der Waals surface area contributed by atoms with Gasteiger partial charge in [0.05, 0.1) is 5.69 Å². The van der Waals surface area contributed by atoms with Gasteiger partial charge in [-0.15, -0.1) is 0 Å². The minimum atomic E-state index is -0.484. The number of ketones is 1. The van der Waals surface area contributed by atoms with Gasteiger partial charge >= 0.3 is 0 Å². The number of pyridine rings is 1. The van der Waals surface area contributed by atoms with Gasteiger partial charge < -0.3 is 0 Å². The molecule has 0 atom stereocenters. The van der Waals surface area contributed by atoms with Gasteiger partial charge in [-0.2, -0.15) is 0 Å². The molecule has 0 fully saturated rings. The van der Waals surface area contributed by atoms with Crippen LogP contribution in [0.25, 0.3) is 22.0 Å². The molecule has 0 saturated heterocycles. The third-order valence-corrected chi connectivity index (χ3v) is 4.95. The van der Waals surface area contributed by atoms with Crippen molar-refractivity contribution in [3.05, 3.63) is 65.9 Å². The first-order valence-corrected chi connectivity index (χ1v) is 8.42. The molecular formula is C22H23NO. The lowest BCUT2D eigenvalue weighted by atomic mass is 9.80. The van der Waals surface area contributed by atoms with E-state index in [1.165, 1.54) is 10.9 Å². The highest BCUT2D eigenvalue weighted by atomic mass is 16.1. The molecule has 0 amide bonds. The van der Waals surface area contributed by atoms with Crippen LogP contribution in [0.3, 0.4) is 0 Å². The summed E-state index contributed by atoms with van der Waals surface area (Å²) in [4.78, 5) is 16.6. The average molecular weight is 317 g/mol. The Morgan fingerprint density at radius 2 is 1.83 bits per heavy atom. The number of fused-ring (bicyclic) bond motifs is 1. The van der Waals surface area contributed by atoms with E-state index in [9.17, 15) is 4.79 Å². The topological polar surface area (TPSA) is 30.0 Å². The van der Waals surface area contributed by atoms with Gasteiger partial charge in [-0.1, -0.05) is 43.3 Å². The highest BCUT2D eigenvalue weighted by Crippen LogP contribution is 2.29. The van der Waals surface area contributed by atoms with Crippen LogP contribution in [-0.2, 0) is 16.6 Å². The van der Waals surface area contributed by atoms with Crippen LogP contribution in [0.5, 0.6) is 0 Å². The van der Waals surface area contributed by atoms with Crippen LogP contribution in [-0.4, -0.2) is 10.8 Å². The van der Waals surface area contributed by atoms with Crippen LogP contribution < -0.4 is 0 Å². The van der Waals surface area contributed by atoms with Crippen molar-refractivity contribution < 1.29 is 4.79 Å². The molecule has 0 N–H and O–H groups in total. The number of nitrogens with zero attached hydrogens (tertiary/aromatic N) is 1. The maximum Gasteiger partial charge on any atom is 0.139 e. The lowest BCUT2D eigenvalue weighted by Gasteiger charge is -2.22. The number of hydrogen-bond donors (Lipinski definition) is 0. The van der Waals surface area contributed by atoms with Gasteiger partial charge in [-0.3, -0.25) is 9.78 Å². The number of hydrogen-bond acceptors (Lipinski definition) is 2. The third-order valence-electron chi connectivity index (χ3n) is 4.95. The van der Waals surface area contributed by atoms with Crippen molar-refractivity contribution in [2.24, 2.45) is 0 Å². The van der Waals surface area contributed by atoms with E-state index in [1.54, 1.807) is 6.92 Å². The van der Waals surface area contributed by atoms with E-state index in [4.69, 9.17) is 0 Å². The molecule has 0 radical (unpaired) electrons. The molecule has 0 spiro atoms. The van der Waals surface area contributed by atoms with Crippen LogP contribution in [0.1, 0.15) is 38.8 Å². The van der Waals surface area contributed by atoms with Crippen molar-refractivity contribution in [3.8, 4) is 11.3 Å². The Morgan fingerprint density at radius 3 is 2.54 bits per heavy atom. The highest BCUT2D eigenvalue weighted by molar-refractivity contribution is 5.88. The molecular weight excluding hydrogens is 294 g/mol. The van der Waals surface area contributed by atoms with E-state index in [2.05, 4.69) is 48.3 Å². The number of benzene rings is 2. The summed E-state index contributed by atoms with van der Waals surface area (Å²) in [5, 5.41) is 2.35. The van der Waals surface area contributed by atoms with E-state index in [-0.39, 0.29) is 5.78 Å². The molecule has 0 aliphatic rings. The fourth-order valence-corrected chi connectivity index (χ4v) is 2.84. The standard InChI is InChI=1S/C22H23NO/c1-5-16-9-10-18-14-23-21(13-19(18)11-16)17-7-6-8-20(12-17)22(3,4)15(2)24/h6-14H,5H2,1-4H3. The second kappa shape index (κ2) is 6.20. The Hall–Kier alpha value is -2.48. The quantitative estimate of drug-likeness (QED) is 0.651. The van der Waals surface area contributed by atoms with Crippen molar-refractivity contribution in [2.75, 3.05) is 0 Å². The molecule has 3 rings (SSSR count). The number of aromatic nitrogens is 1. The molecule has 0 aliphatic heterocycles. The van der Waals surface area contributed by atoms with Gasteiger partial charge in [0.1, 0.15) is 5.78 Å². The second-order valence-corrected chi connectivity index (χ2v) is 6.87. The highest BCUT2D eigenvalue weighted by Gasteiger charge is 2.26. The predicted octanol–water partition coefficient (Wildman–Crippen LogP) is 5.33. The smallest absolute Gasteiger partial charge is 0.139 e. The molecule has 0 bridgehead atoms. The second-order valence-electron chi connectivity index (χ2n) is 6.87. The Balaban J connectivity index is 2.09. The number of rotatable bonds is 4. The lowest BCUT2D eigenvalue weighted by Crippen LogP contribution is -2.26. The molecule has 3 aromatic rings. The molecule has 1 heterocycles. The van der Waals surface area contributed by atoms with Gasteiger partial charge in [0, 0.05) is 22.6 Å². The zero-order chi connectivity index (χ0) is 17.3. The van der Waals surface area contributed by atoms with E-state index in [1.807, 2.05) is 32.2 Å². The fraction of sp³-hybridized carbons (Fsp3) is 0.273. The Morgan fingerprint density at radius 1 is 1.04 bits per heavy atom. The molecule has 0 aliphatic carbocycles. The summed E-state index contributed by atoms with van der Waals surface area (Å²) < 4.78 is 0. The summed E-state index contributed by atoms with van der Waals surface area (Å²) in [6.45, 7) is 7.75.